The van der Waals surface area contributed by atoms with Crippen LogP contribution in [-0.4, -0.2) is 22.6 Å². The zero-order valence-electron chi connectivity index (χ0n) is 10.4. The van der Waals surface area contributed by atoms with E-state index in [-0.39, 0.29) is 18.3 Å². The van der Waals surface area contributed by atoms with Crippen LogP contribution in [-0.2, 0) is 0 Å². The zero-order chi connectivity index (χ0) is 14.4. The van der Waals surface area contributed by atoms with E-state index in [2.05, 4.69) is 22.1 Å². The Balaban J connectivity index is 2.03. The van der Waals surface area contributed by atoms with Crippen LogP contribution in [0.4, 0.5) is 10.2 Å². The summed E-state index contributed by atoms with van der Waals surface area (Å²) in [5.74, 6) is 5.15. The number of anilines is 1. The van der Waals surface area contributed by atoms with Crippen molar-refractivity contribution in [2.75, 3.05) is 11.9 Å². The molecule has 0 saturated carbocycles. The molecule has 4 nitrogen and oxygen atoms in total. The summed E-state index contributed by atoms with van der Waals surface area (Å²) in [5.41, 5.74) is 0.467. The summed E-state index contributed by atoms with van der Waals surface area (Å²) in [6.45, 7) is 0.0158. The number of amides is 1. The van der Waals surface area contributed by atoms with Crippen LogP contribution in [0.2, 0.25) is 0 Å². The van der Waals surface area contributed by atoms with E-state index >= 15 is 0 Å². The predicted molar refractivity (Wildman–Crippen MR) is 75.0 cm³/mol. The SMILES string of the molecule is O=C(Nc1ccc(F)cn1)c1csc(C#CCCO)c1. The molecule has 0 fully saturated rings. The number of nitrogens with zero attached hydrogens (tertiary/aromatic N) is 1. The number of halogens is 1. The van der Waals surface area contributed by atoms with Gasteiger partial charge in [0.25, 0.3) is 5.91 Å². The van der Waals surface area contributed by atoms with Crippen molar-refractivity contribution in [1.82, 2.24) is 4.98 Å². The first-order chi connectivity index (χ1) is 9.69. The third-order valence-electron chi connectivity index (χ3n) is 2.28. The fraction of sp³-hybridized carbons (Fsp3) is 0.143. The van der Waals surface area contributed by atoms with Gasteiger partial charge >= 0.3 is 0 Å². The molecule has 2 rings (SSSR count). The van der Waals surface area contributed by atoms with Gasteiger partial charge in [0, 0.05) is 11.8 Å². The first-order valence-electron chi connectivity index (χ1n) is 5.80. The quantitative estimate of drug-likeness (QED) is 0.852. The Hall–Kier alpha value is -2.23. The maximum Gasteiger partial charge on any atom is 0.257 e. The lowest BCUT2D eigenvalue weighted by atomic mass is 10.3. The second kappa shape index (κ2) is 6.80. The first-order valence-corrected chi connectivity index (χ1v) is 6.68. The van der Waals surface area contributed by atoms with E-state index in [0.717, 1.165) is 11.1 Å². The van der Waals surface area contributed by atoms with Crippen LogP contribution in [0.1, 0.15) is 21.7 Å². The highest BCUT2D eigenvalue weighted by Crippen LogP contribution is 2.15. The van der Waals surface area contributed by atoms with E-state index in [1.54, 1.807) is 11.4 Å². The number of rotatable bonds is 3. The van der Waals surface area contributed by atoms with Crippen LogP contribution in [0.25, 0.3) is 0 Å². The third kappa shape index (κ3) is 3.88. The lowest BCUT2D eigenvalue weighted by Crippen LogP contribution is -2.11. The number of hydrogen-bond acceptors (Lipinski definition) is 4. The predicted octanol–water partition coefficient (Wildman–Crippen LogP) is 2.27. The van der Waals surface area contributed by atoms with Crippen molar-refractivity contribution >= 4 is 23.1 Å². The first kappa shape index (κ1) is 14.2. The molecule has 102 valence electrons. The van der Waals surface area contributed by atoms with Gasteiger partial charge in [0.2, 0.25) is 0 Å². The van der Waals surface area contributed by atoms with Gasteiger partial charge in [-0.25, -0.2) is 9.37 Å². The van der Waals surface area contributed by atoms with Crippen LogP contribution < -0.4 is 5.32 Å². The highest BCUT2D eigenvalue weighted by molar-refractivity contribution is 7.10. The number of thiophene rings is 1. The van der Waals surface area contributed by atoms with Gasteiger partial charge in [0.15, 0.2) is 0 Å². The lowest BCUT2D eigenvalue weighted by molar-refractivity contribution is 0.102. The molecule has 0 aliphatic carbocycles. The van der Waals surface area contributed by atoms with Crippen molar-refractivity contribution in [3.63, 3.8) is 0 Å². The molecule has 0 atom stereocenters. The van der Waals surface area contributed by atoms with Crippen molar-refractivity contribution in [3.05, 3.63) is 46.0 Å². The molecular weight excluding hydrogens is 279 g/mol. The Morgan fingerprint density at radius 2 is 2.35 bits per heavy atom. The Kier molecular flexibility index (Phi) is 4.82. The Morgan fingerprint density at radius 3 is 3.05 bits per heavy atom. The van der Waals surface area contributed by atoms with Gasteiger partial charge in [-0.2, -0.15) is 0 Å². The molecule has 6 heteroatoms. The minimum atomic E-state index is -0.458. The normalized spacial score (nSPS) is 9.70. The minimum absolute atomic E-state index is 0.0158. The number of aliphatic hydroxyl groups is 1. The van der Waals surface area contributed by atoms with Gasteiger partial charge in [-0.15, -0.1) is 11.3 Å². The monoisotopic (exact) mass is 290 g/mol. The molecule has 0 unspecified atom stereocenters. The molecule has 0 bridgehead atoms. The van der Waals surface area contributed by atoms with Crippen LogP contribution in [0.15, 0.2) is 29.8 Å². The summed E-state index contributed by atoms with van der Waals surface area (Å²) in [6.07, 6.45) is 1.44. The molecular formula is C14H11FN2O2S. The maximum absolute atomic E-state index is 12.7. The van der Waals surface area contributed by atoms with Gasteiger partial charge < -0.3 is 10.4 Å². The second-order valence-electron chi connectivity index (χ2n) is 3.79. The third-order valence-corrected chi connectivity index (χ3v) is 3.12. The highest BCUT2D eigenvalue weighted by Gasteiger charge is 2.09. The van der Waals surface area contributed by atoms with E-state index in [9.17, 15) is 9.18 Å². The molecule has 0 spiro atoms. The van der Waals surface area contributed by atoms with Crippen LogP contribution in [0, 0.1) is 17.7 Å². The van der Waals surface area contributed by atoms with E-state index in [0.29, 0.717) is 12.0 Å². The van der Waals surface area contributed by atoms with E-state index < -0.39 is 5.82 Å². The van der Waals surface area contributed by atoms with Gasteiger partial charge in [0.05, 0.1) is 23.2 Å². The number of aliphatic hydroxyl groups excluding tert-OH is 1. The number of nitrogens with one attached hydrogen (secondary N) is 1. The van der Waals surface area contributed by atoms with Gasteiger partial charge in [-0.1, -0.05) is 11.8 Å². The fourth-order valence-corrected chi connectivity index (χ4v) is 2.12. The van der Waals surface area contributed by atoms with E-state index in [1.807, 2.05) is 0 Å². The largest absolute Gasteiger partial charge is 0.395 e. The summed E-state index contributed by atoms with van der Waals surface area (Å²) >= 11 is 1.34. The average Bonchev–Trinajstić information content (AvgIpc) is 2.91. The van der Waals surface area contributed by atoms with Gasteiger partial charge in [-0.05, 0) is 18.2 Å². The van der Waals surface area contributed by atoms with Crippen molar-refractivity contribution < 1.29 is 14.3 Å². The molecule has 20 heavy (non-hydrogen) atoms. The minimum Gasteiger partial charge on any atom is -0.395 e. The topological polar surface area (TPSA) is 62.2 Å². The molecule has 2 aromatic heterocycles. The van der Waals surface area contributed by atoms with Crippen LogP contribution in [0.5, 0.6) is 0 Å². The molecule has 1 amide bonds. The van der Waals surface area contributed by atoms with Crippen molar-refractivity contribution in [1.29, 1.82) is 0 Å². The van der Waals surface area contributed by atoms with Gasteiger partial charge in [-0.3, -0.25) is 4.79 Å². The maximum atomic E-state index is 12.7. The molecule has 0 saturated heterocycles. The second-order valence-corrected chi connectivity index (χ2v) is 4.70. The summed E-state index contributed by atoms with van der Waals surface area (Å²) in [4.78, 5) is 16.4. The van der Waals surface area contributed by atoms with Crippen molar-refractivity contribution in [2.45, 2.75) is 6.42 Å². The molecule has 0 radical (unpaired) electrons. The standard InChI is InChI=1S/C14H11FN2O2S/c15-11-4-5-13(16-8-11)17-14(19)10-7-12(20-9-10)3-1-2-6-18/h4-5,7-9,18H,2,6H2,(H,16,17,19). The van der Waals surface area contributed by atoms with Crippen molar-refractivity contribution in [3.8, 4) is 11.8 Å². The Bertz CT molecular complexity index is 656. The summed E-state index contributed by atoms with van der Waals surface area (Å²) < 4.78 is 12.7. The smallest absolute Gasteiger partial charge is 0.257 e. The van der Waals surface area contributed by atoms with E-state index in [4.69, 9.17) is 5.11 Å². The zero-order valence-corrected chi connectivity index (χ0v) is 11.2. The Morgan fingerprint density at radius 1 is 1.50 bits per heavy atom. The van der Waals surface area contributed by atoms with E-state index in [1.165, 1.54) is 23.5 Å². The number of hydrogen-bond donors (Lipinski definition) is 2. The summed E-state index contributed by atoms with van der Waals surface area (Å²) in [6, 6.07) is 4.28. The number of aromatic nitrogens is 1. The molecule has 2 heterocycles. The highest BCUT2D eigenvalue weighted by atomic mass is 32.1. The molecule has 2 N–H and O–H groups in total. The summed E-state index contributed by atoms with van der Waals surface area (Å²) in [7, 11) is 0. The van der Waals surface area contributed by atoms with Crippen LogP contribution >= 0.6 is 11.3 Å². The number of carbonyl (C=O) groups excluding carboxylic acids is 1. The van der Waals surface area contributed by atoms with Gasteiger partial charge in [0.1, 0.15) is 11.6 Å². The molecule has 0 aromatic carbocycles. The molecule has 0 aliphatic heterocycles. The summed E-state index contributed by atoms with van der Waals surface area (Å²) in [5, 5.41) is 12.9. The molecule has 0 aliphatic rings. The number of pyridine rings is 1. The fourth-order valence-electron chi connectivity index (χ4n) is 1.36. The number of carbonyl (C=O) groups is 1. The average molecular weight is 290 g/mol. The molecule has 2 aromatic rings. The van der Waals surface area contributed by atoms with Crippen LogP contribution in [0.3, 0.4) is 0 Å². The van der Waals surface area contributed by atoms with Crippen molar-refractivity contribution in [2.24, 2.45) is 0 Å². The lowest BCUT2D eigenvalue weighted by Gasteiger charge is -2.01. The Labute approximate surface area is 119 Å².